The summed E-state index contributed by atoms with van der Waals surface area (Å²) in [6.45, 7) is 2.52. The van der Waals surface area contributed by atoms with Crippen molar-refractivity contribution in [3.63, 3.8) is 0 Å². The Hall–Kier alpha value is -1.19. The molecule has 2 fully saturated rings. The fraction of sp³-hybridized carbons (Fsp3) is 0.867. The summed E-state index contributed by atoms with van der Waals surface area (Å²) in [4.78, 5) is 25.2. The van der Waals surface area contributed by atoms with Crippen molar-refractivity contribution >= 4 is 21.9 Å². The van der Waals surface area contributed by atoms with Gasteiger partial charge in [0.25, 0.3) is 0 Å². The predicted molar refractivity (Wildman–Crippen MR) is 86.8 cm³/mol. The van der Waals surface area contributed by atoms with Crippen LogP contribution in [0.4, 0.5) is 0 Å². The third kappa shape index (κ3) is 3.89. The van der Waals surface area contributed by atoms with E-state index in [0.717, 1.165) is 6.42 Å². The summed E-state index contributed by atoms with van der Waals surface area (Å²) in [6.07, 6.45) is 2.39. The van der Waals surface area contributed by atoms with Gasteiger partial charge in [0.05, 0.1) is 5.75 Å². The molecule has 9 heteroatoms. The number of aliphatic hydroxyl groups is 1. The second-order valence-electron chi connectivity index (χ2n) is 6.60. The number of likely N-dealkylation sites (tertiary alicyclic amines) is 1. The Morgan fingerprint density at radius 3 is 2.38 bits per heavy atom. The lowest BCUT2D eigenvalue weighted by Gasteiger charge is -2.37. The third-order valence-corrected chi connectivity index (χ3v) is 6.86. The van der Waals surface area contributed by atoms with Crippen molar-refractivity contribution in [2.75, 3.05) is 25.4 Å². The second kappa shape index (κ2) is 7.37. The van der Waals surface area contributed by atoms with Crippen molar-refractivity contribution in [2.24, 2.45) is 0 Å². The van der Waals surface area contributed by atoms with Gasteiger partial charge in [0.15, 0.2) is 5.60 Å². The summed E-state index contributed by atoms with van der Waals surface area (Å²) < 4.78 is 26.1. The molecule has 0 aromatic carbocycles. The summed E-state index contributed by atoms with van der Waals surface area (Å²) in [5.41, 5.74) is -1.79. The number of nitrogens with zero attached hydrogens (tertiary/aromatic N) is 2. The Bertz CT molecular complexity index is 583. The minimum atomic E-state index is -3.45. The SMILES string of the molecule is CCCCS(=O)(=O)N1CCCC1C(=O)N1CCC(O)(C(=O)O)CC1. The number of rotatable bonds is 6. The van der Waals surface area contributed by atoms with E-state index in [2.05, 4.69) is 0 Å². The highest BCUT2D eigenvalue weighted by molar-refractivity contribution is 7.89. The van der Waals surface area contributed by atoms with Gasteiger partial charge in [0.1, 0.15) is 6.04 Å². The molecule has 2 heterocycles. The molecule has 2 N–H and O–H groups in total. The van der Waals surface area contributed by atoms with Gasteiger partial charge in [-0.3, -0.25) is 4.79 Å². The molecule has 0 aliphatic carbocycles. The minimum Gasteiger partial charge on any atom is -0.479 e. The summed E-state index contributed by atoms with van der Waals surface area (Å²) >= 11 is 0. The van der Waals surface area contributed by atoms with Crippen molar-refractivity contribution in [3.8, 4) is 0 Å². The van der Waals surface area contributed by atoms with E-state index in [0.29, 0.717) is 25.8 Å². The molecule has 138 valence electrons. The lowest BCUT2D eigenvalue weighted by Crippen LogP contribution is -2.55. The van der Waals surface area contributed by atoms with E-state index in [1.54, 1.807) is 0 Å². The number of amides is 1. The van der Waals surface area contributed by atoms with Crippen LogP contribution in [0.2, 0.25) is 0 Å². The first-order chi connectivity index (χ1) is 11.2. The van der Waals surface area contributed by atoms with Crippen molar-refractivity contribution in [2.45, 2.75) is 57.1 Å². The van der Waals surface area contributed by atoms with Crippen LogP contribution < -0.4 is 0 Å². The summed E-state index contributed by atoms with van der Waals surface area (Å²) in [7, 11) is -3.45. The number of carboxylic acids is 1. The van der Waals surface area contributed by atoms with E-state index < -0.39 is 27.6 Å². The second-order valence-corrected chi connectivity index (χ2v) is 8.64. The first kappa shape index (κ1) is 19.1. The molecule has 8 nitrogen and oxygen atoms in total. The Balaban J connectivity index is 2.03. The molecule has 0 saturated carbocycles. The number of piperidine rings is 1. The Morgan fingerprint density at radius 2 is 1.83 bits per heavy atom. The Labute approximate surface area is 142 Å². The monoisotopic (exact) mass is 362 g/mol. The van der Waals surface area contributed by atoms with Gasteiger partial charge in [-0.1, -0.05) is 13.3 Å². The van der Waals surface area contributed by atoms with Crippen molar-refractivity contribution < 1.29 is 28.2 Å². The average molecular weight is 362 g/mol. The van der Waals surface area contributed by atoms with Crippen LogP contribution in [0.5, 0.6) is 0 Å². The topological polar surface area (TPSA) is 115 Å². The third-order valence-electron chi connectivity index (χ3n) is 4.90. The van der Waals surface area contributed by atoms with Gasteiger partial charge in [-0.05, 0) is 19.3 Å². The average Bonchev–Trinajstić information content (AvgIpc) is 3.03. The van der Waals surface area contributed by atoms with Crippen molar-refractivity contribution in [1.82, 2.24) is 9.21 Å². The number of aliphatic carboxylic acids is 1. The van der Waals surface area contributed by atoms with Crippen LogP contribution >= 0.6 is 0 Å². The van der Waals surface area contributed by atoms with Gasteiger partial charge in [0.2, 0.25) is 15.9 Å². The van der Waals surface area contributed by atoms with E-state index in [4.69, 9.17) is 5.11 Å². The van der Waals surface area contributed by atoms with Gasteiger partial charge >= 0.3 is 5.97 Å². The van der Waals surface area contributed by atoms with Gasteiger partial charge in [-0.2, -0.15) is 4.31 Å². The van der Waals surface area contributed by atoms with E-state index in [1.165, 1.54) is 9.21 Å². The molecule has 0 spiro atoms. The van der Waals surface area contributed by atoms with E-state index in [-0.39, 0.29) is 37.6 Å². The molecule has 1 atom stereocenters. The van der Waals surface area contributed by atoms with Crippen LogP contribution in [-0.4, -0.2) is 76.7 Å². The molecule has 0 aromatic rings. The molecular weight excluding hydrogens is 336 g/mol. The highest BCUT2D eigenvalue weighted by Gasteiger charge is 2.44. The number of hydrogen-bond donors (Lipinski definition) is 2. The zero-order valence-electron chi connectivity index (χ0n) is 14.0. The molecule has 2 aliphatic heterocycles. The molecule has 2 aliphatic rings. The van der Waals surface area contributed by atoms with E-state index >= 15 is 0 Å². The van der Waals surface area contributed by atoms with Gasteiger partial charge in [0, 0.05) is 32.5 Å². The Kier molecular flexibility index (Phi) is 5.87. The molecule has 0 radical (unpaired) electrons. The minimum absolute atomic E-state index is 0.0383. The maximum absolute atomic E-state index is 12.7. The molecule has 0 aromatic heterocycles. The highest BCUT2D eigenvalue weighted by Crippen LogP contribution is 2.27. The number of carbonyl (C=O) groups excluding carboxylic acids is 1. The van der Waals surface area contributed by atoms with Crippen LogP contribution in [0.1, 0.15) is 45.4 Å². The zero-order chi connectivity index (χ0) is 18.0. The fourth-order valence-electron chi connectivity index (χ4n) is 3.29. The van der Waals surface area contributed by atoms with Crippen molar-refractivity contribution in [3.05, 3.63) is 0 Å². The standard InChI is InChI=1S/C15H26N2O6S/c1-2-3-11-24(22,23)17-8-4-5-12(17)13(18)16-9-6-15(21,7-10-16)14(19)20/h12,21H,2-11H2,1H3,(H,19,20). The van der Waals surface area contributed by atoms with E-state index in [9.17, 15) is 23.1 Å². The van der Waals surface area contributed by atoms with Crippen LogP contribution in [-0.2, 0) is 19.6 Å². The molecule has 2 rings (SSSR count). The molecule has 2 saturated heterocycles. The van der Waals surface area contributed by atoms with Crippen LogP contribution in [0.25, 0.3) is 0 Å². The van der Waals surface area contributed by atoms with Crippen molar-refractivity contribution in [1.29, 1.82) is 0 Å². The maximum atomic E-state index is 12.7. The number of hydrogen-bond acceptors (Lipinski definition) is 5. The quantitative estimate of drug-likeness (QED) is 0.688. The predicted octanol–water partition coefficient (Wildman–Crippen LogP) is 0.0188. The summed E-state index contributed by atoms with van der Waals surface area (Å²) in [5, 5.41) is 19.0. The van der Waals surface area contributed by atoms with E-state index in [1.807, 2.05) is 6.92 Å². The first-order valence-electron chi connectivity index (χ1n) is 8.45. The number of unbranched alkanes of at least 4 members (excludes halogenated alkanes) is 1. The van der Waals surface area contributed by atoms with Gasteiger partial charge < -0.3 is 15.1 Å². The highest BCUT2D eigenvalue weighted by atomic mass is 32.2. The van der Waals surface area contributed by atoms with Crippen LogP contribution in [0, 0.1) is 0 Å². The molecule has 1 unspecified atom stereocenters. The van der Waals surface area contributed by atoms with Gasteiger partial charge in [-0.25, -0.2) is 13.2 Å². The normalized spacial score (nSPS) is 24.9. The first-order valence-corrected chi connectivity index (χ1v) is 10.1. The fourth-order valence-corrected chi connectivity index (χ4v) is 5.16. The molecule has 0 bridgehead atoms. The number of carbonyl (C=O) groups is 2. The number of carboxylic acid groups (broad SMARTS) is 1. The summed E-state index contributed by atoms with van der Waals surface area (Å²) in [6, 6.07) is -0.692. The maximum Gasteiger partial charge on any atom is 0.335 e. The van der Waals surface area contributed by atoms with Crippen LogP contribution in [0.3, 0.4) is 0 Å². The summed E-state index contributed by atoms with van der Waals surface area (Å²) in [5.74, 6) is -1.51. The van der Waals surface area contributed by atoms with Gasteiger partial charge in [-0.15, -0.1) is 0 Å². The molecular formula is C15H26N2O6S. The molecule has 1 amide bonds. The molecule has 24 heavy (non-hydrogen) atoms. The lowest BCUT2D eigenvalue weighted by atomic mass is 9.91. The largest absolute Gasteiger partial charge is 0.479 e. The van der Waals surface area contributed by atoms with Crippen LogP contribution in [0.15, 0.2) is 0 Å². The smallest absolute Gasteiger partial charge is 0.335 e. The number of sulfonamides is 1. The zero-order valence-corrected chi connectivity index (χ0v) is 14.8. The lowest BCUT2D eigenvalue weighted by molar-refractivity contribution is -0.165. The Morgan fingerprint density at radius 1 is 1.21 bits per heavy atom.